The highest BCUT2D eigenvalue weighted by Crippen LogP contribution is 2.26. The fourth-order valence-corrected chi connectivity index (χ4v) is 2.80. The second-order valence-corrected chi connectivity index (χ2v) is 6.71. The Morgan fingerprint density at radius 1 is 1.19 bits per heavy atom. The lowest BCUT2D eigenvalue weighted by Crippen LogP contribution is -2.25. The van der Waals surface area contributed by atoms with Gasteiger partial charge < -0.3 is 5.32 Å². The molecule has 2 aromatic carbocycles. The van der Waals surface area contributed by atoms with E-state index in [1.54, 1.807) is 22.9 Å². The van der Waals surface area contributed by atoms with Crippen molar-refractivity contribution in [2.75, 3.05) is 6.54 Å². The number of aryl methyl sites for hydroxylation is 1. The second kappa shape index (κ2) is 7.89. The molecule has 0 aliphatic carbocycles. The van der Waals surface area contributed by atoms with Crippen LogP contribution in [0.3, 0.4) is 0 Å². The Balaban J connectivity index is 2.12. The topological polar surface area (TPSA) is 59.8 Å². The number of amides is 1. The molecule has 1 aromatic heterocycles. The largest absolute Gasteiger partial charge is 0.349 e. The highest BCUT2D eigenvalue weighted by molar-refractivity contribution is 6.31. The number of nitrogens with zero attached hydrogens (tertiary/aromatic N) is 3. The molecule has 0 aliphatic rings. The van der Waals surface area contributed by atoms with Crippen molar-refractivity contribution >= 4 is 29.1 Å². The first-order chi connectivity index (χ1) is 12.5. The maximum Gasteiger partial charge on any atom is 0.290 e. The Morgan fingerprint density at radius 2 is 2.00 bits per heavy atom. The lowest BCUT2D eigenvalue weighted by molar-refractivity contribution is 0.0943. The summed E-state index contributed by atoms with van der Waals surface area (Å²) in [5.74, 6) is 0.311. The van der Waals surface area contributed by atoms with Gasteiger partial charge in [-0.15, -0.1) is 5.10 Å². The maximum atomic E-state index is 12.3. The van der Waals surface area contributed by atoms with Crippen molar-refractivity contribution in [3.8, 4) is 17.1 Å². The SMILES string of the molecule is CCCNC(=O)c1nc(-c2cccc(Cl)c2)n(-c2ccc(C)c(Cl)c2)n1. The Bertz CT molecular complexity index is 952. The second-order valence-electron chi connectivity index (χ2n) is 5.87. The highest BCUT2D eigenvalue weighted by Gasteiger charge is 2.19. The van der Waals surface area contributed by atoms with Crippen molar-refractivity contribution in [3.05, 3.63) is 63.9 Å². The van der Waals surface area contributed by atoms with Crippen LogP contribution in [0, 0.1) is 6.92 Å². The molecule has 134 valence electrons. The molecule has 1 amide bonds. The van der Waals surface area contributed by atoms with Crippen molar-refractivity contribution < 1.29 is 4.79 Å². The molecule has 0 saturated carbocycles. The zero-order chi connectivity index (χ0) is 18.7. The summed E-state index contributed by atoms with van der Waals surface area (Å²) in [6, 6.07) is 12.9. The van der Waals surface area contributed by atoms with Gasteiger partial charge in [0.25, 0.3) is 5.91 Å². The van der Waals surface area contributed by atoms with Crippen LogP contribution in [-0.2, 0) is 0 Å². The first-order valence-electron chi connectivity index (χ1n) is 8.27. The van der Waals surface area contributed by atoms with Crippen LogP contribution < -0.4 is 5.32 Å². The molecule has 26 heavy (non-hydrogen) atoms. The molecule has 3 rings (SSSR count). The minimum Gasteiger partial charge on any atom is -0.349 e. The number of carbonyl (C=O) groups excluding carboxylic acids is 1. The molecule has 0 unspecified atom stereocenters. The summed E-state index contributed by atoms with van der Waals surface area (Å²) < 4.78 is 1.61. The molecule has 0 aliphatic heterocycles. The number of hydrogen-bond acceptors (Lipinski definition) is 3. The summed E-state index contributed by atoms with van der Waals surface area (Å²) in [6.45, 7) is 4.48. The average molecular weight is 389 g/mol. The monoisotopic (exact) mass is 388 g/mol. The number of rotatable bonds is 5. The summed E-state index contributed by atoms with van der Waals surface area (Å²) in [4.78, 5) is 16.8. The van der Waals surface area contributed by atoms with E-state index in [1.165, 1.54) is 0 Å². The summed E-state index contributed by atoms with van der Waals surface area (Å²) in [5, 5.41) is 8.39. The molecule has 0 fully saturated rings. The van der Waals surface area contributed by atoms with Gasteiger partial charge in [-0.1, -0.05) is 48.3 Å². The van der Waals surface area contributed by atoms with E-state index < -0.39 is 0 Å². The van der Waals surface area contributed by atoms with Crippen LogP contribution in [0.15, 0.2) is 42.5 Å². The van der Waals surface area contributed by atoms with Gasteiger partial charge in [-0.2, -0.15) is 0 Å². The number of halogens is 2. The molecule has 0 atom stereocenters. The molecule has 5 nitrogen and oxygen atoms in total. The van der Waals surface area contributed by atoms with E-state index in [0.29, 0.717) is 22.4 Å². The number of carbonyl (C=O) groups is 1. The van der Waals surface area contributed by atoms with Gasteiger partial charge in [-0.05, 0) is 43.2 Å². The molecule has 7 heteroatoms. The third kappa shape index (κ3) is 3.89. The van der Waals surface area contributed by atoms with E-state index in [0.717, 1.165) is 23.2 Å². The van der Waals surface area contributed by atoms with Crippen molar-refractivity contribution in [1.82, 2.24) is 20.1 Å². The van der Waals surface area contributed by atoms with E-state index in [4.69, 9.17) is 23.2 Å². The average Bonchev–Trinajstić information content (AvgIpc) is 3.07. The zero-order valence-electron chi connectivity index (χ0n) is 14.5. The number of nitrogens with one attached hydrogen (secondary N) is 1. The Labute approximate surface area is 162 Å². The van der Waals surface area contributed by atoms with E-state index >= 15 is 0 Å². The molecular weight excluding hydrogens is 371 g/mol. The van der Waals surface area contributed by atoms with Gasteiger partial charge in [0.15, 0.2) is 5.82 Å². The van der Waals surface area contributed by atoms with E-state index in [9.17, 15) is 4.79 Å². The van der Waals surface area contributed by atoms with E-state index in [2.05, 4.69) is 15.4 Å². The van der Waals surface area contributed by atoms with Gasteiger partial charge in [0.1, 0.15) is 0 Å². The lowest BCUT2D eigenvalue weighted by atomic mass is 10.2. The Kier molecular flexibility index (Phi) is 5.59. The third-order valence-corrected chi connectivity index (χ3v) is 4.47. The van der Waals surface area contributed by atoms with Gasteiger partial charge in [0, 0.05) is 22.2 Å². The predicted molar refractivity (Wildman–Crippen MR) is 104 cm³/mol. The summed E-state index contributed by atoms with van der Waals surface area (Å²) in [5.41, 5.74) is 2.44. The molecule has 1 heterocycles. The molecule has 3 aromatic rings. The fraction of sp³-hybridized carbons (Fsp3) is 0.211. The van der Waals surface area contributed by atoms with Crippen LogP contribution in [0.1, 0.15) is 29.5 Å². The van der Waals surface area contributed by atoms with Crippen LogP contribution in [0.2, 0.25) is 10.0 Å². The van der Waals surface area contributed by atoms with E-state index in [1.807, 2.05) is 38.1 Å². The third-order valence-electron chi connectivity index (χ3n) is 3.83. The van der Waals surface area contributed by atoms with Crippen molar-refractivity contribution in [2.45, 2.75) is 20.3 Å². The van der Waals surface area contributed by atoms with Gasteiger partial charge in [-0.25, -0.2) is 9.67 Å². The molecule has 0 bridgehead atoms. The zero-order valence-corrected chi connectivity index (χ0v) is 16.0. The summed E-state index contributed by atoms with van der Waals surface area (Å²) >= 11 is 12.4. The number of hydrogen-bond donors (Lipinski definition) is 1. The normalized spacial score (nSPS) is 10.8. The molecule has 0 saturated heterocycles. The predicted octanol–water partition coefficient (Wildman–Crippen LogP) is 4.69. The van der Waals surface area contributed by atoms with Crippen molar-refractivity contribution in [2.24, 2.45) is 0 Å². The minimum absolute atomic E-state index is 0.102. The number of benzene rings is 2. The van der Waals surface area contributed by atoms with Crippen molar-refractivity contribution in [1.29, 1.82) is 0 Å². The molecule has 1 N–H and O–H groups in total. The van der Waals surface area contributed by atoms with Crippen LogP contribution >= 0.6 is 23.2 Å². The Morgan fingerprint density at radius 3 is 2.69 bits per heavy atom. The first kappa shape index (κ1) is 18.4. The maximum absolute atomic E-state index is 12.3. The smallest absolute Gasteiger partial charge is 0.290 e. The standard InChI is InChI=1S/C19H18Cl2N4O/c1-3-9-22-19(26)17-23-18(13-5-4-6-14(20)10-13)25(24-17)15-8-7-12(2)16(21)11-15/h4-8,10-11H,3,9H2,1-2H3,(H,22,26). The first-order valence-corrected chi connectivity index (χ1v) is 9.03. The van der Waals surface area contributed by atoms with Crippen LogP contribution in [0.5, 0.6) is 0 Å². The van der Waals surface area contributed by atoms with Gasteiger partial charge in [0.05, 0.1) is 5.69 Å². The van der Waals surface area contributed by atoms with Crippen LogP contribution in [-0.4, -0.2) is 27.2 Å². The summed E-state index contributed by atoms with van der Waals surface area (Å²) in [7, 11) is 0. The Hall–Kier alpha value is -2.37. The van der Waals surface area contributed by atoms with Crippen LogP contribution in [0.25, 0.3) is 17.1 Å². The van der Waals surface area contributed by atoms with Gasteiger partial charge in [-0.3, -0.25) is 4.79 Å². The quantitative estimate of drug-likeness (QED) is 0.689. The minimum atomic E-state index is -0.313. The lowest BCUT2D eigenvalue weighted by Gasteiger charge is -2.08. The molecular formula is C19H18Cl2N4O. The fourth-order valence-electron chi connectivity index (χ4n) is 2.43. The van der Waals surface area contributed by atoms with Crippen LogP contribution in [0.4, 0.5) is 0 Å². The molecule has 0 spiro atoms. The van der Waals surface area contributed by atoms with E-state index in [-0.39, 0.29) is 11.7 Å². The highest BCUT2D eigenvalue weighted by atomic mass is 35.5. The molecule has 0 radical (unpaired) electrons. The van der Waals surface area contributed by atoms with Crippen molar-refractivity contribution in [3.63, 3.8) is 0 Å². The summed E-state index contributed by atoms with van der Waals surface area (Å²) in [6.07, 6.45) is 0.834. The van der Waals surface area contributed by atoms with Gasteiger partial charge in [0.2, 0.25) is 5.82 Å². The number of aromatic nitrogens is 3. The van der Waals surface area contributed by atoms with Gasteiger partial charge >= 0.3 is 0 Å².